The van der Waals surface area contributed by atoms with Crippen molar-refractivity contribution in [2.75, 3.05) is 19.6 Å². The van der Waals surface area contributed by atoms with Crippen LogP contribution in [0.15, 0.2) is 30.9 Å². The zero-order chi connectivity index (χ0) is 17.9. The number of hydrogen-bond acceptors (Lipinski definition) is 4. The molecule has 0 radical (unpaired) electrons. The molecule has 2 aliphatic heterocycles. The van der Waals surface area contributed by atoms with Crippen LogP contribution < -0.4 is 5.32 Å². The Kier molecular flexibility index (Phi) is 5.22. The lowest BCUT2D eigenvalue weighted by molar-refractivity contribution is 0.0575. The molecule has 26 heavy (non-hydrogen) atoms. The molecule has 0 aliphatic carbocycles. The van der Waals surface area contributed by atoms with Gasteiger partial charge in [0, 0.05) is 18.3 Å². The first-order valence-electron chi connectivity index (χ1n) is 9.39. The normalized spacial score (nSPS) is 23.4. The van der Waals surface area contributed by atoms with Gasteiger partial charge in [0.2, 0.25) is 0 Å². The Labute approximate surface area is 158 Å². The molecule has 3 heterocycles. The van der Waals surface area contributed by atoms with Crippen LogP contribution in [0.3, 0.4) is 0 Å². The van der Waals surface area contributed by atoms with Gasteiger partial charge in [-0.2, -0.15) is 0 Å². The molecule has 1 amide bonds. The third-order valence-corrected chi connectivity index (χ3v) is 5.99. The van der Waals surface area contributed by atoms with Gasteiger partial charge in [-0.05, 0) is 62.9 Å². The molecule has 0 spiro atoms. The Hall–Kier alpha value is -1.92. The van der Waals surface area contributed by atoms with E-state index in [9.17, 15) is 4.79 Å². The van der Waals surface area contributed by atoms with Gasteiger partial charge in [0.25, 0.3) is 5.91 Å². The maximum atomic E-state index is 12.7. The average Bonchev–Trinajstić information content (AvgIpc) is 3.21. The third kappa shape index (κ3) is 3.62. The quantitative estimate of drug-likeness (QED) is 0.895. The van der Waals surface area contributed by atoms with Crippen LogP contribution in [-0.4, -0.2) is 51.2 Å². The first kappa shape index (κ1) is 17.5. The highest BCUT2D eigenvalue weighted by Gasteiger charge is 2.33. The van der Waals surface area contributed by atoms with Gasteiger partial charge in [0.15, 0.2) is 0 Å². The minimum Gasteiger partial charge on any atom is -0.352 e. The number of amides is 1. The van der Waals surface area contributed by atoms with Gasteiger partial charge in [0.1, 0.15) is 12.7 Å². The van der Waals surface area contributed by atoms with Crippen molar-refractivity contribution in [2.24, 2.45) is 5.92 Å². The Morgan fingerprint density at radius 2 is 1.96 bits per heavy atom. The predicted molar refractivity (Wildman–Crippen MR) is 101 cm³/mol. The molecular weight excluding hydrogens is 350 g/mol. The largest absolute Gasteiger partial charge is 0.352 e. The second kappa shape index (κ2) is 7.76. The first-order chi connectivity index (χ1) is 12.7. The fourth-order valence-corrected chi connectivity index (χ4v) is 4.52. The first-order valence-corrected chi connectivity index (χ1v) is 9.77. The zero-order valence-electron chi connectivity index (χ0n) is 14.8. The fourth-order valence-electron chi connectivity index (χ4n) is 4.32. The van der Waals surface area contributed by atoms with Crippen LogP contribution in [0.4, 0.5) is 0 Å². The van der Waals surface area contributed by atoms with Crippen LogP contribution in [0.5, 0.6) is 0 Å². The van der Waals surface area contributed by atoms with E-state index in [0.29, 0.717) is 29.1 Å². The van der Waals surface area contributed by atoms with Crippen molar-refractivity contribution in [2.45, 2.75) is 38.1 Å². The van der Waals surface area contributed by atoms with Gasteiger partial charge in [0.05, 0.1) is 10.6 Å². The Morgan fingerprint density at radius 1 is 1.15 bits per heavy atom. The summed E-state index contributed by atoms with van der Waals surface area (Å²) in [4.78, 5) is 15.4. The number of rotatable bonds is 4. The minimum absolute atomic E-state index is 0.113. The number of carbonyl (C=O) groups is 1. The Balaban J connectivity index is 1.44. The van der Waals surface area contributed by atoms with Crippen LogP contribution >= 0.6 is 11.6 Å². The number of fused-ring (bicyclic) bond motifs is 1. The van der Waals surface area contributed by atoms with Crippen molar-refractivity contribution in [3.8, 4) is 5.69 Å². The van der Waals surface area contributed by atoms with E-state index in [0.717, 1.165) is 5.69 Å². The highest BCUT2D eigenvalue weighted by Crippen LogP contribution is 2.30. The summed E-state index contributed by atoms with van der Waals surface area (Å²) in [6, 6.07) is 6.00. The van der Waals surface area contributed by atoms with Crippen LogP contribution in [0.1, 0.15) is 42.5 Å². The lowest BCUT2D eigenvalue weighted by Crippen LogP contribution is -2.51. The Bertz CT molecular complexity index is 761. The standard InChI is InChI=1S/C19H24ClN5O/c20-17-7-6-15(25-12-22-23-13-25)10-16(17)19(26)21-11-14-4-3-9-24-8-2-1-5-18(14)24/h6-7,10,12-14,18H,1-5,8-9,11H2,(H,21,26)/t14-,18+/m1/s1. The SMILES string of the molecule is O=C(NC[C@H]1CCCN2CCCC[C@@H]12)c1cc(-n2cnnc2)ccc1Cl. The van der Waals surface area contributed by atoms with Crippen LogP contribution in [0, 0.1) is 5.92 Å². The van der Waals surface area contributed by atoms with Crippen LogP contribution in [0.2, 0.25) is 5.02 Å². The van der Waals surface area contributed by atoms with E-state index >= 15 is 0 Å². The highest BCUT2D eigenvalue weighted by molar-refractivity contribution is 6.33. The monoisotopic (exact) mass is 373 g/mol. The number of halogens is 1. The summed E-state index contributed by atoms with van der Waals surface area (Å²) >= 11 is 6.28. The second-order valence-corrected chi connectivity index (χ2v) is 7.65. The van der Waals surface area contributed by atoms with E-state index in [1.165, 1.54) is 45.2 Å². The summed E-state index contributed by atoms with van der Waals surface area (Å²) in [6.45, 7) is 3.14. The predicted octanol–water partition coefficient (Wildman–Crippen LogP) is 2.92. The maximum Gasteiger partial charge on any atom is 0.252 e. The number of carbonyl (C=O) groups excluding carboxylic acids is 1. The molecule has 1 aromatic heterocycles. The Morgan fingerprint density at radius 3 is 2.81 bits per heavy atom. The lowest BCUT2D eigenvalue weighted by Gasteiger charge is -2.44. The number of nitrogens with zero attached hydrogens (tertiary/aromatic N) is 4. The molecular formula is C19H24ClN5O. The lowest BCUT2D eigenvalue weighted by atomic mass is 9.83. The molecule has 2 atom stereocenters. The fraction of sp³-hybridized carbons (Fsp3) is 0.526. The van der Waals surface area contributed by atoms with Gasteiger partial charge < -0.3 is 10.2 Å². The molecule has 2 fully saturated rings. The average molecular weight is 374 g/mol. The summed E-state index contributed by atoms with van der Waals surface area (Å²) in [5, 5.41) is 11.2. The summed E-state index contributed by atoms with van der Waals surface area (Å²) in [5.74, 6) is 0.422. The van der Waals surface area contributed by atoms with Crippen molar-refractivity contribution >= 4 is 17.5 Å². The van der Waals surface area contributed by atoms with E-state index in [2.05, 4.69) is 20.4 Å². The van der Waals surface area contributed by atoms with Crippen molar-refractivity contribution in [1.29, 1.82) is 0 Å². The molecule has 2 aliphatic rings. The number of piperidine rings is 2. The van der Waals surface area contributed by atoms with E-state index in [4.69, 9.17) is 11.6 Å². The van der Waals surface area contributed by atoms with E-state index < -0.39 is 0 Å². The summed E-state index contributed by atoms with van der Waals surface area (Å²) < 4.78 is 1.76. The molecule has 2 saturated heterocycles. The van der Waals surface area contributed by atoms with Gasteiger partial charge in [-0.25, -0.2) is 0 Å². The maximum absolute atomic E-state index is 12.7. The van der Waals surface area contributed by atoms with Gasteiger partial charge in [-0.1, -0.05) is 18.0 Å². The van der Waals surface area contributed by atoms with Crippen molar-refractivity contribution in [3.63, 3.8) is 0 Å². The molecule has 6 nitrogen and oxygen atoms in total. The molecule has 4 rings (SSSR count). The summed E-state index contributed by atoms with van der Waals surface area (Å²) in [6.07, 6.45) is 9.48. The van der Waals surface area contributed by atoms with Gasteiger partial charge in [-0.3, -0.25) is 9.36 Å². The second-order valence-electron chi connectivity index (χ2n) is 7.24. The van der Waals surface area contributed by atoms with E-state index in [-0.39, 0.29) is 5.91 Å². The highest BCUT2D eigenvalue weighted by atomic mass is 35.5. The molecule has 1 aromatic carbocycles. The third-order valence-electron chi connectivity index (χ3n) is 5.66. The van der Waals surface area contributed by atoms with Gasteiger partial charge in [-0.15, -0.1) is 10.2 Å². The van der Waals surface area contributed by atoms with E-state index in [1.54, 1.807) is 29.4 Å². The van der Waals surface area contributed by atoms with Crippen molar-refractivity contribution in [3.05, 3.63) is 41.4 Å². The number of aromatic nitrogens is 3. The summed E-state index contributed by atoms with van der Waals surface area (Å²) in [7, 11) is 0. The molecule has 0 saturated carbocycles. The molecule has 2 aromatic rings. The number of hydrogen-bond donors (Lipinski definition) is 1. The zero-order valence-corrected chi connectivity index (χ0v) is 15.5. The van der Waals surface area contributed by atoms with Crippen molar-refractivity contribution in [1.82, 2.24) is 25.0 Å². The smallest absolute Gasteiger partial charge is 0.252 e. The molecule has 0 bridgehead atoms. The van der Waals surface area contributed by atoms with Crippen LogP contribution in [0.25, 0.3) is 5.69 Å². The number of nitrogens with one attached hydrogen (secondary N) is 1. The topological polar surface area (TPSA) is 63.1 Å². The van der Waals surface area contributed by atoms with Crippen molar-refractivity contribution < 1.29 is 4.79 Å². The summed E-state index contributed by atoms with van der Waals surface area (Å²) in [5.41, 5.74) is 1.31. The van der Waals surface area contributed by atoms with Crippen LogP contribution in [-0.2, 0) is 0 Å². The molecule has 138 valence electrons. The molecule has 0 unspecified atom stereocenters. The number of benzene rings is 1. The molecule has 7 heteroatoms. The van der Waals surface area contributed by atoms with Gasteiger partial charge >= 0.3 is 0 Å². The van der Waals surface area contributed by atoms with E-state index in [1.807, 2.05) is 6.07 Å². The minimum atomic E-state index is -0.113. The molecule has 1 N–H and O–H groups in total.